The highest BCUT2D eigenvalue weighted by Crippen LogP contribution is 2.41. The molecular weight excluding hydrogens is 398 g/mol. The number of nitrogens with zero attached hydrogens (tertiary/aromatic N) is 3. The number of piperidine rings is 1. The molecule has 0 atom stereocenters. The maximum absolute atomic E-state index is 13.3. The predicted molar refractivity (Wildman–Crippen MR) is 118 cm³/mol. The van der Waals surface area contributed by atoms with Gasteiger partial charge in [0.15, 0.2) is 0 Å². The summed E-state index contributed by atoms with van der Waals surface area (Å²) in [6.07, 6.45) is 3.83. The largest absolute Gasteiger partial charge is 0.465 e. The van der Waals surface area contributed by atoms with E-state index in [0.717, 1.165) is 57.9 Å². The molecule has 0 spiro atoms. The third-order valence-electron chi connectivity index (χ3n) is 6.68. The van der Waals surface area contributed by atoms with Crippen LogP contribution in [-0.4, -0.2) is 33.4 Å². The first-order valence-electron chi connectivity index (χ1n) is 10.7. The smallest absolute Gasteiger partial charge is 0.262 e. The highest BCUT2D eigenvalue weighted by molar-refractivity contribution is 7.18. The maximum Gasteiger partial charge on any atom is 0.262 e. The van der Waals surface area contributed by atoms with Gasteiger partial charge >= 0.3 is 0 Å². The summed E-state index contributed by atoms with van der Waals surface area (Å²) in [6, 6.07) is 2.01. The number of rotatable bonds is 3. The average Bonchev–Trinajstić information content (AvgIpc) is 3.43. The SMILES string of the molecule is Cc1oc(C2CC2)cc1C(=O)N1CCC(n2c(C)nc3sc(C)c(C)c3c2=O)CC1. The Morgan fingerprint density at radius 1 is 1.13 bits per heavy atom. The van der Waals surface area contributed by atoms with E-state index in [1.807, 2.05) is 43.2 Å². The number of thiophene rings is 1. The number of aromatic nitrogens is 2. The minimum absolute atomic E-state index is 0.0450. The number of amides is 1. The monoisotopic (exact) mass is 425 g/mol. The van der Waals surface area contributed by atoms with Crippen LogP contribution in [0.1, 0.15) is 75.8 Å². The van der Waals surface area contributed by atoms with Crippen molar-refractivity contribution in [1.82, 2.24) is 14.5 Å². The van der Waals surface area contributed by atoms with E-state index in [1.165, 1.54) is 0 Å². The quantitative estimate of drug-likeness (QED) is 0.613. The zero-order valence-corrected chi connectivity index (χ0v) is 18.8. The van der Waals surface area contributed by atoms with Crippen molar-refractivity contribution in [3.05, 3.63) is 49.8 Å². The molecule has 0 aromatic carbocycles. The highest BCUT2D eigenvalue weighted by Gasteiger charge is 2.32. The van der Waals surface area contributed by atoms with Crippen molar-refractivity contribution in [2.45, 2.75) is 65.3 Å². The zero-order valence-electron chi connectivity index (χ0n) is 17.9. The van der Waals surface area contributed by atoms with Crippen LogP contribution in [-0.2, 0) is 0 Å². The van der Waals surface area contributed by atoms with Crippen molar-refractivity contribution in [1.29, 1.82) is 0 Å². The summed E-state index contributed by atoms with van der Waals surface area (Å²) in [6.45, 7) is 9.10. The van der Waals surface area contributed by atoms with Crippen molar-refractivity contribution < 1.29 is 9.21 Å². The van der Waals surface area contributed by atoms with E-state index >= 15 is 0 Å². The summed E-state index contributed by atoms with van der Waals surface area (Å²) in [5, 5.41) is 0.753. The first kappa shape index (κ1) is 19.5. The van der Waals surface area contributed by atoms with Crippen LogP contribution < -0.4 is 5.56 Å². The molecule has 5 rings (SSSR count). The average molecular weight is 426 g/mol. The fourth-order valence-corrected chi connectivity index (χ4v) is 5.69. The minimum atomic E-state index is 0.0450. The van der Waals surface area contributed by atoms with Crippen LogP contribution in [0.15, 0.2) is 15.3 Å². The Bertz CT molecular complexity index is 1210. The summed E-state index contributed by atoms with van der Waals surface area (Å²) < 4.78 is 7.69. The first-order valence-corrected chi connectivity index (χ1v) is 11.5. The molecule has 0 N–H and O–H groups in total. The van der Waals surface area contributed by atoms with Gasteiger partial charge in [0.25, 0.3) is 11.5 Å². The number of likely N-dealkylation sites (tertiary alicyclic amines) is 1. The lowest BCUT2D eigenvalue weighted by Gasteiger charge is -2.33. The van der Waals surface area contributed by atoms with E-state index in [9.17, 15) is 9.59 Å². The molecule has 2 fully saturated rings. The Balaban J connectivity index is 1.37. The zero-order chi connectivity index (χ0) is 21.2. The number of hydrogen-bond donors (Lipinski definition) is 0. The molecule has 1 aliphatic heterocycles. The molecule has 7 heteroatoms. The molecule has 158 valence electrons. The van der Waals surface area contributed by atoms with Gasteiger partial charge in [-0.2, -0.15) is 0 Å². The van der Waals surface area contributed by atoms with Crippen molar-refractivity contribution in [2.75, 3.05) is 13.1 Å². The molecule has 1 aliphatic carbocycles. The Kier molecular flexibility index (Phi) is 4.61. The first-order chi connectivity index (χ1) is 14.3. The molecule has 4 heterocycles. The summed E-state index contributed by atoms with van der Waals surface area (Å²) in [7, 11) is 0. The van der Waals surface area contributed by atoms with Crippen molar-refractivity contribution >= 4 is 27.5 Å². The van der Waals surface area contributed by atoms with E-state index < -0.39 is 0 Å². The molecule has 3 aromatic heterocycles. The van der Waals surface area contributed by atoms with Gasteiger partial charge in [-0.1, -0.05) is 0 Å². The van der Waals surface area contributed by atoms with Gasteiger partial charge in [0.2, 0.25) is 0 Å². The molecule has 1 amide bonds. The molecule has 0 unspecified atom stereocenters. The Morgan fingerprint density at radius 2 is 1.83 bits per heavy atom. The van der Waals surface area contributed by atoms with Gasteiger partial charge in [-0.05, 0) is 65.0 Å². The maximum atomic E-state index is 13.3. The van der Waals surface area contributed by atoms with Crippen LogP contribution in [0.3, 0.4) is 0 Å². The van der Waals surface area contributed by atoms with E-state index in [0.29, 0.717) is 30.3 Å². The molecule has 1 saturated heterocycles. The lowest BCUT2D eigenvalue weighted by atomic mass is 10.0. The van der Waals surface area contributed by atoms with E-state index in [2.05, 4.69) is 0 Å². The second-order valence-electron chi connectivity index (χ2n) is 8.71. The summed E-state index contributed by atoms with van der Waals surface area (Å²) in [5.41, 5.74) is 1.79. The van der Waals surface area contributed by atoms with Gasteiger partial charge in [0.05, 0.1) is 10.9 Å². The molecule has 3 aromatic rings. The lowest BCUT2D eigenvalue weighted by Crippen LogP contribution is -2.41. The van der Waals surface area contributed by atoms with Crippen molar-refractivity contribution in [3.63, 3.8) is 0 Å². The van der Waals surface area contributed by atoms with Crippen LogP contribution in [0.4, 0.5) is 0 Å². The Labute approximate surface area is 179 Å². The second-order valence-corrected chi connectivity index (χ2v) is 9.92. The van der Waals surface area contributed by atoms with Gasteiger partial charge in [0, 0.05) is 29.9 Å². The molecule has 2 aliphatic rings. The Morgan fingerprint density at radius 3 is 2.50 bits per heavy atom. The van der Waals surface area contributed by atoms with Gasteiger partial charge in [-0.15, -0.1) is 11.3 Å². The van der Waals surface area contributed by atoms with Crippen LogP contribution in [0.25, 0.3) is 10.2 Å². The van der Waals surface area contributed by atoms with Gasteiger partial charge < -0.3 is 9.32 Å². The molecule has 0 bridgehead atoms. The van der Waals surface area contributed by atoms with Crippen LogP contribution in [0.2, 0.25) is 0 Å². The third-order valence-corrected chi connectivity index (χ3v) is 7.78. The number of carbonyl (C=O) groups excluding carboxylic acids is 1. The van der Waals surface area contributed by atoms with Crippen LogP contribution in [0, 0.1) is 27.7 Å². The van der Waals surface area contributed by atoms with E-state index in [-0.39, 0.29) is 17.5 Å². The highest BCUT2D eigenvalue weighted by atomic mass is 32.1. The van der Waals surface area contributed by atoms with Gasteiger partial charge in [-0.3, -0.25) is 14.2 Å². The number of aryl methyl sites for hydroxylation is 4. The Hall–Kier alpha value is -2.41. The normalized spacial score (nSPS) is 17.8. The third kappa shape index (κ3) is 3.11. The minimum Gasteiger partial charge on any atom is -0.465 e. The second kappa shape index (κ2) is 7.08. The van der Waals surface area contributed by atoms with Crippen molar-refractivity contribution in [3.8, 4) is 0 Å². The van der Waals surface area contributed by atoms with Crippen molar-refractivity contribution in [2.24, 2.45) is 0 Å². The topological polar surface area (TPSA) is 68.3 Å². The van der Waals surface area contributed by atoms with Crippen LogP contribution in [0.5, 0.6) is 0 Å². The van der Waals surface area contributed by atoms with E-state index in [4.69, 9.17) is 9.40 Å². The molecule has 30 heavy (non-hydrogen) atoms. The predicted octanol–water partition coefficient (Wildman–Crippen LogP) is 4.64. The van der Waals surface area contributed by atoms with Gasteiger partial charge in [0.1, 0.15) is 22.2 Å². The number of furan rings is 1. The van der Waals surface area contributed by atoms with Gasteiger partial charge in [-0.25, -0.2) is 4.98 Å². The molecule has 6 nitrogen and oxygen atoms in total. The fraction of sp³-hybridized carbons (Fsp3) is 0.522. The number of carbonyl (C=O) groups is 1. The number of hydrogen-bond acceptors (Lipinski definition) is 5. The molecule has 1 saturated carbocycles. The lowest BCUT2D eigenvalue weighted by molar-refractivity contribution is 0.0691. The number of fused-ring (bicyclic) bond motifs is 1. The standard InChI is InChI=1S/C23H27N3O3S/c1-12-14(3)30-21-20(12)23(28)26(15(4)24-21)17-7-9-25(10-8-17)22(27)18-11-19(16-5-6-16)29-13(18)2/h11,16-17H,5-10H2,1-4H3. The summed E-state index contributed by atoms with van der Waals surface area (Å²) >= 11 is 1.59. The van der Waals surface area contributed by atoms with E-state index in [1.54, 1.807) is 11.3 Å². The summed E-state index contributed by atoms with van der Waals surface area (Å²) in [5.74, 6) is 2.97. The van der Waals surface area contributed by atoms with Crippen LogP contribution >= 0.6 is 11.3 Å². The fourth-order valence-electron chi connectivity index (χ4n) is 4.62. The molecule has 0 radical (unpaired) electrons. The molecular formula is C23H27N3O3S. The summed E-state index contributed by atoms with van der Waals surface area (Å²) in [4.78, 5) is 34.9.